The second-order valence-corrected chi connectivity index (χ2v) is 3.41. The quantitative estimate of drug-likeness (QED) is 0.746. The first-order chi connectivity index (χ1) is 7.62. The van der Waals surface area contributed by atoms with Gasteiger partial charge in [-0.25, -0.2) is 4.79 Å². The number of carboxylic acid groups (broad SMARTS) is 1. The molecule has 1 saturated heterocycles. The van der Waals surface area contributed by atoms with Crippen molar-refractivity contribution < 1.29 is 37.1 Å². The number of carboxylic acids is 1. The van der Waals surface area contributed by atoms with Gasteiger partial charge in [0.1, 0.15) is 0 Å². The SMILES string of the molecule is O=C1CCCN1C(=O)C(F)(F)C(F)(F)C(=O)O. The Balaban J connectivity index is 3.01. The second-order valence-electron chi connectivity index (χ2n) is 3.41. The first-order valence-electron chi connectivity index (χ1n) is 4.46. The number of aliphatic carboxylic acids is 1. The van der Waals surface area contributed by atoms with Crippen LogP contribution in [0.2, 0.25) is 0 Å². The standard InChI is InChI=1S/C8H7F4NO4/c9-7(10,8(11,12)6(16)17)5(15)13-3-1-2-4(13)14/h1-3H2,(H,16,17). The van der Waals surface area contributed by atoms with Crippen molar-refractivity contribution in [2.75, 3.05) is 6.54 Å². The summed E-state index contributed by atoms with van der Waals surface area (Å²) in [6.07, 6.45) is -0.125. The largest absolute Gasteiger partial charge is 0.477 e. The Morgan fingerprint density at radius 2 is 1.71 bits per heavy atom. The lowest BCUT2D eigenvalue weighted by molar-refractivity contribution is -0.227. The van der Waals surface area contributed by atoms with Gasteiger partial charge >= 0.3 is 23.7 Å². The summed E-state index contributed by atoms with van der Waals surface area (Å²) in [6, 6.07) is 0. The number of rotatable bonds is 3. The molecule has 0 saturated carbocycles. The number of likely N-dealkylation sites (tertiary alicyclic amines) is 1. The summed E-state index contributed by atoms with van der Waals surface area (Å²) in [7, 11) is 0. The fourth-order valence-corrected chi connectivity index (χ4v) is 1.30. The monoisotopic (exact) mass is 257 g/mol. The highest BCUT2D eigenvalue weighted by Gasteiger charge is 2.69. The van der Waals surface area contributed by atoms with E-state index in [0.29, 0.717) is 0 Å². The highest BCUT2D eigenvalue weighted by molar-refractivity contribution is 6.02. The molecule has 0 bridgehead atoms. The number of halogens is 4. The first-order valence-corrected chi connectivity index (χ1v) is 4.46. The maximum atomic E-state index is 13.0. The smallest absolute Gasteiger partial charge is 0.413 e. The Morgan fingerprint density at radius 1 is 1.18 bits per heavy atom. The Labute approximate surface area is 92.0 Å². The third-order valence-corrected chi connectivity index (χ3v) is 2.25. The van der Waals surface area contributed by atoms with Gasteiger partial charge in [-0.1, -0.05) is 0 Å². The van der Waals surface area contributed by atoms with E-state index in [1.807, 2.05) is 0 Å². The van der Waals surface area contributed by atoms with Crippen molar-refractivity contribution in [1.82, 2.24) is 4.90 Å². The molecule has 1 aliphatic heterocycles. The zero-order chi connectivity index (χ0) is 13.4. The molecule has 0 aromatic carbocycles. The predicted octanol–water partition coefficient (Wildman–Crippen LogP) is 0.491. The van der Waals surface area contributed by atoms with Gasteiger partial charge in [0.15, 0.2) is 0 Å². The molecule has 1 fully saturated rings. The normalized spacial score (nSPS) is 17.4. The zero-order valence-corrected chi connectivity index (χ0v) is 8.25. The molecule has 0 spiro atoms. The Kier molecular flexibility index (Phi) is 3.13. The van der Waals surface area contributed by atoms with Gasteiger partial charge in [0.05, 0.1) is 0 Å². The van der Waals surface area contributed by atoms with E-state index in [-0.39, 0.29) is 17.7 Å². The van der Waals surface area contributed by atoms with Crippen LogP contribution in [0, 0.1) is 0 Å². The van der Waals surface area contributed by atoms with Crippen LogP contribution in [0.4, 0.5) is 17.6 Å². The minimum absolute atomic E-state index is 0.0448. The van der Waals surface area contributed by atoms with Crippen LogP contribution in [0.3, 0.4) is 0 Å². The lowest BCUT2D eigenvalue weighted by atomic mass is 10.1. The molecule has 1 aliphatic rings. The molecule has 0 aromatic rings. The summed E-state index contributed by atoms with van der Waals surface area (Å²) in [5.74, 6) is -17.6. The highest BCUT2D eigenvalue weighted by atomic mass is 19.3. The molecule has 1 heterocycles. The average Bonchev–Trinajstić information content (AvgIpc) is 2.62. The molecular formula is C8H7F4NO4. The summed E-state index contributed by atoms with van der Waals surface area (Å²) >= 11 is 0. The maximum Gasteiger partial charge on any atom is 0.413 e. The number of nitrogens with zero attached hydrogens (tertiary/aromatic N) is 1. The number of carbonyl (C=O) groups is 3. The van der Waals surface area contributed by atoms with E-state index < -0.39 is 36.2 Å². The van der Waals surface area contributed by atoms with E-state index >= 15 is 0 Å². The van der Waals surface area contributed by atoms with E-state index in [0.717, 1.165) is 0 Å². The topological polar surface area (TPSA) is 74.7 Å². The Hall–Kier alpha value is -1.67. The molecular weight excluding hydrogens is 250 g/mol. The van der Waals surface area contributed by atoms with Gasteiger partial charge in [-0.15, -0.1) is 0 Å². The molecule has 0 aliphatic carbocycles. The first kappa shape index (κ1) is 13.4. The van der Waals surface area contributed by atoms with E-state index in [1.54, 1.807) is 0 Å². The minimum Gasteiger partial charge on any atom is -0.477 e. The van der Waals surface area contributed by atoms with Gasteiger partial charge in [0.2, 0.25) is 5.91 Å². The molecule has 96 valence electrons. The van der Waals surface area contributed by atoms with Crippen LogP contribution in [0.1, 0.15) is 12.8 Å². The molecule has 9 heteroatoms. The predicted molar refractivity (Wildman–Crippen MR) is 43.5 cm³/mol. The van der Waals surface area contributed by atoms with Gasteiger partial charge in [-0.05, 0) is 6.42 Å². The van der Waals surface area contributed by atoms with Crippen LogP contribution < -0.4 is 0 Å². The number of imide groups is 1. The molecule has 17 heavy (non-hydrogen) atoms. The molecule has 0 radical (unpaired) electrons. The Morgan fingerprint density at radius 3 is 2.06 bits per heavy atom. The Bertz CT molecular complexity index is 382. The summed E-state index contributed by atoms with van der Waals surface area (Å²) in [4.78, 5) is 31.9. The van der Waals surface area contributed by atoms with Gasteiger partial charge < -0.3 is 5.11 Å². The number of alkyl halides is 4. The van der Waals surface area contributed by atoms with Crippen LogP contribution >= 0.6 is 0 Å². The van der Waals surface area contributed by atoms with Crippen LogP contribution in [-0.2, 0) is 14.4 Å². The molecule has 0 aromatic heterocycles. The van der Waals surface area contributed by atoms with Crippen molar-refractivity contribution >= 4 is 17.8 Å². The lowest BCUT2D eigenvalue weighted by Crippen LogP contribution is -2.57. The van der Waals surface area contributed by atoms with E-state index in [2.05, 4.69) is 0 Å². The fraction of sp³-hybridized carbons (Fsp3) is 0.625. The summed E-state index contributed by atoms with van der Waals surface area (Å²) < 4.78 is 51.3. The van der Waals surface area contributed by atoms with Crippen molar-refractivity contribution in [3.8, 4) is 0 Å². The minimum atomic E-state index is -5.55. The van der Waals surface area contributed by atoms with Crippen LogP contribution in [-0.4, -0.2) is 46.2 Å². The van der Waals surface area contributed by atoms with Gasteiger partial charge in [-0.2, -0.15) is 17.6 Å². The van der Waals surface area contributed by atoms with Crippen molar-refractivity contribution in [2.45, 2.75) is 24.7 Å². The molecule has 1 N–H and O–H groups in total. The second kappa shape index (κ2) is 3.97. The molecule has 0 atom stereocenters. The summed E-state index contributed by atoms with van der Waals surface area (Å²) in [5.41, 5.74) is 0. The third-order valence-electron chi connectivity index (χ3n) is 2.25. The van der Waals surface area contributed by atoms with E-state index in [1.165, 1.54) is 0 Å². The van der Waals surface area contributed by atoms with E-state index in [9.17, 15) is 31.9 Å². The van der Waals surface area contributed by atoms with Gasteiger partial charge in [-0.3, -0.25) is 14.5 Å². The number of hydrogen-bond acceptors (Lipinski definition) is 3. The van der Waals surface area contributed by atoms with Crippen molar-refractivity contribution in [3.05, 3.63) is 0 Å². The average molecular weight is 257 g/mol. The van der Waals surface area contributed by atoms with Crippen LogP contribution in [0.15, 0.2) is 0 Å². The van der Waals surface area contributed by atoms with E-state index in [4.69, 9.17) is 5.11 Å². The highest BCUT2D eigenvalue weighted by Crippen LogP contribution is 2.36. The van der Waals surface area contributed by atoms with Crippen LogP contribution in [0.5, 0.6) is 0 Å². The number of carbonyl (C=O) groups excluding carboxylic acids is 2. The molecule has 5 nitrogen and oxygen atoms in total. The maximum absolute atomic E-state index is 13.0. The molecule has 2 amide bonds. The molecule has 1 rings (SSSR count). The lowest BCUT2D eigenvalue weighted by Gasteiger charge is -2.25. The van der Waals surface area contributed by atoms with Gasteiger partial charge in [0, 0.05) is 13.0 Å². The fourth-order valence-electron chi connectivity index (χ4n) is 1.30. The summed E-state index contributed by atoms with van der Waals surface area (Å²) in [5, 5.41) is 7.95. The summed E-state index contributed by atoms with van der Waals surface area (Å²) in [6.45, 7) is -0.414. The van der Waals surface area contributed by atoms with Crippen LogP contribution in [0.25, 0.3) is 0 Å². The van der Waals surface area contributed by atoms with Crippen molar-refractivity contribution in [3.63, 3.8) is 0 Å². The zero-order valence-electron chi connectivity index (χ0n) is 8.25. The number of hydrogen-bond donors (Lipinski definition) is 1. The van der Waals surface area contributed by atoms with Crippen molar-refractivity contribution in [1.29, 1.82) is 0 Å². The number of amides is 2. The van der Waals surface area contributed by atoms with Gasteiger partial charge in [0.25, 0.3) is 0 Å². The van der Waals surface area contributed by atoms with Crippen molar-refractivity contribution in [2.24, 2.45) is 0 Å². The third kappa shape index (κ3) is 1.96. The molecule has 0 unspecified atom stereocenters.